The first-order valence-corrected chi connectivity index (χ1v) is 36.5. The zero-order chi connectivity index (χ0) is 50.1. The molecule has 1 fully saturated rings. The Hall–Kier alpha value is -1.56. The number of carbonyl (C=O) groups excluding carboxylic acids is 1. The van der Waals surface area contributed by atoms with Crippen LogP contribution in [0.5, 0.6) is 0 Å². The summed E-state index contributed by atoms with van der Waals surface area (Å²) in [4.78, 5) is 13.1. The fourth-order valence-electron chi connectivity index (χ4n) is 9.31. The van der Waals surface area contributed by atoms with Crippen LogP contribution in [0.25, 0.3) is 0 Å². The minimum atomic E-state index is -2.75. The molecule has 7 atom stereocenters. The van der Waals surface area contributed by atoms with E-state index in [0.29, 0.717) is 26.1 Å². The highest BCUT2D eigenvalue weighted by Gasteiger charge is 2.51. The molecule has 7 nitrogen and oxygen atoms in total. The second kappa shape index (κ2) is 24.2. The van der Waals surface area contributed by atoms with Gasteiger partial charge >= 0.3 is 0 Å². The van der Waals surface area contributed by atoms with Crippen LogP contribution in [0.4, 0.5) is 0 Å². The van der Waals surface area contributed by atoms with E-state index in [1.165, 1.54) is 10.4 Å². The average molecular weight is 1060 g/mol. The minimum Gasteiger partial charge on any atom is -0.411 e. The SMILES string of the molecule is CC[Si](CC)(CC)O[C@@H]1C[C@@H](O[Si](C)(C)C(C)(C)C)[C@@H](C[C@H](C)[C@@H](O[Si](C)(C)C(C)(C)C)[C@H](CCCO[Si](c2ccccc2)(c2ccccc2)C(C)(C)C)OCc2ccc(Br)cc2)O[C@H]1C=O. The van der Waals surface area contributed by atoms with E-state index in [0.717, 1.165) is 47.3 Å². The molecule has 3 aromatic carbocycles. The molecular formula is C55H91BrO7Si4. The van der Waals surface area contributed by atoms with E-state index in [4.69, 9.17) is 27.2 Å². The maximum Gasteiger partial charge on any atom is 0.261 e. The molecule has 0 aliphatic carbocycles. The standard InChI is InChI=1S/C55H91BrO7Si4/c1-18-66(19-2,20-3)62-50-39-49(61-64(14,15)53(5,6)7)48(60-51(50)40-57)38-42(4)52(63-65(16,17)54(8,9)10)47(58-41-43-33-35-44(56)36-34-43)32-27-37-59-67(55(11,12)13,45-28-23-21-24-29-45)46-30-25-22-26-31-46/h21-26,28-31,33-36,40,42,47-52H,18-20,27,32,37-39,41H2,1-17H3/t42-,47-,48+,49+,50+,51-,52+/m0/s1. The molecule has 0 bridgehead atoms. The quantitative estimate of drug-likeness (QED) is 0.0503. The Labute approximate surface area is 421 Å². The molecule has 1 heterocycles. The van der Waals surface area contributed by atoms with Crippen LogP contribution >= 0.6 is 15.9 Å². The maximum absolute atomic E-state index is 13.1. The predicted molar refractivity (Wildman–Crippen MR) is 295 cm³/mol. The van der Waals surface area contributed by atoms with Crippen molar-refractivity contribution in [3.05, 3.63) is 95.0 Å². The third kappa shape index (κ3) is 14.8. The third-order valence-electron chi connectivity index (χ3n) is 15.8. The summed E-state index contributed by atoms with van der Waals surface area (Å²) in [6.45, 7) is 40.2. The molecule has 12 heteroatoms. The normalized spacial score (nSPS) is 20.6. The Bertz CT molecular complexity index is 1880. The topological polar surface area (TPSA) is 72.5 Å². The van der Waals surface area contributed by atoms with Gasteiger partial charge in [0.15, 0.2) is 31.2 Å². The fourth-order valence-corrected chi connectivity index (χ4v) is 19.8. The van der Waals surface area contributed by atoms with Gasteiger partial charge in [-0.2, -0.15) is 0 Å². The van der Waals surface area contributed by atoms with Crippen LogP contribution in [0.15, 0.2) is 89.4 Å². The molecule has 0 aromatic heterocycles. The summed E-state index contributed by atoms with van der Waals surface area (Å²) >= 11 is 3.63. The monoisotopic (exact) mass is 1050 g/mol. The Kier molecular flexibility index (Phi) is 21.0. The molecule has 1 aliphatic rings. The molecule has 376 valence electrons. The van der Waals surface area contributed by atoms with Crippen molar-refractivity contribution < 1.29 is 32.0 Å². The predicted octanol–water partition coefficient (Wildman–Crippen LogP) is 14.2. The summed E-state index contributed by atoms with van der Waals surface area (Å²) in [6.07, 6.45) is 1.78. The summed E-state index contributed by atoms with van der Waals surface area (Å²) in [5.41, 5.74) is 1.11. The van der Waals surface area contributed by atoms with Crippen LogP contribution in [-0.4, -0.2) is 82.8 Å². The Morgan fingerprint density at radius 1 is 0.716 bits per heavy atom. The van der Waals surface area contributed by atoms with E-state index in [9.17, 15) is 4.79 Å². The van der Waals surface area contributed by atoms with Gasteiger partial charge in [-0.1, -0.05) is 179 Å². The lowest BCUT2D eigenvalue weighted by Gasteiger charge is -2.49. The third-order valence-corrected chi connectivity index (χ3v) is 35.0. The lowest BCUT2D eigenvalue weighted by Crippen LogP contribution is -2.66. The lowest BCUT2D eigenvalue weighted by atomic mass is 9.87. The molecule has 0 unspecified atom stereocenters. The number of rotatable bonds is 24. The highest BCUT2D eigenvalue weighted by Crippen LogP contribution is 2.44. The zero-order valence-electron chi connectivity index (χ0n) is 44.8. The van der Waals surface area contributed by atoms with Gasteiger partial charge < -0.3 is 32.0 Å². The second-order valence-corrected chi connectivity index (χ2v) is 43.0. The first-order chi connectivity index (χ1) is 31.2. The number of carbonyl (C=O) groups is 1. The molecule has 67 heavy (non-hydrogen) atoms. The van der Waals surface area contributed by atoms with Gasteiger partial charge in [-0.15, -0.1) is 0 Å². The molecule has 0 amide bonds. The van der Waals surface area contributed by atoms with E-state index >= 15 is 0 Å². The molecule has 0 spiro atoms. The first kappa shape index (κ1) is 58.0. The summed E-state index contributed by atoms with van der Waals surface area (Å²) < 4.78 is 44.8. The largest absolute Gasteiger partial charge is 0.411 e. The molecule has 0 N–H and O–H groups in total. The summed E-state index contributed by atoms with van der Waals surface area (Å²) in [5, 5.41) is 2.38. The van der Waals surface area contributed by atoms with Gasteiger partial charge in [0.2, 0.25) is 0 Å². The van der Waals surface area contributed by atoms with Crippen molar-refractivity contribution in [2.45, 2.75) is 218 Å². The zero-order valence-corrected chi connectivity index (χ0v) is 50.4. The van der Waals surface area contributed by atoms with Gasteiger partial charge in [0, 0.05) is 17.5 Å². The van der Waals surface area contributed by atoms with Gasteiger partial charge in [0.05, 0.1) is 37.1 Å². The molecule has 0 radical (unpaired) electrons. The van der Waals surface area contributed by atoms with Crippen molar-refractivity contribution >= 4 is 65.9 Å². The van der Waals surface area contributed by atoms with E-state index < -0.39 is 39.4 Å². The Morgan fingerprint density at radius 3 is 1.70 bits per heavy atom. The van der Waals surface area contributed by atoms with Crippen LogP contribution in [-0.2, 0) is 38.6 Å². The molecule has 3 aromatic rings. The van der Waals surface area contributed by atoms with E-state index in [-0.39, 0.29) is 51.6 Å². The van der Waals surface area contributed by atoms with Crippen molar-refractivity contribution in [2.75, 3.05) is 6.61 Å². The molecular weight excluding hydrogens is 965 g/mol. The average Bonchev–Trinajstić information content (AvgIpc) is 3.26. The number of benzene rings is 3. The lowest BCUT2D eigenvalue weighted by molar-refractivity contribution is -0.171. The molecule has 1 aliphatic heterocycles. The molecule has 4 rings (SSSR count). The van der Waals surface area contributed by atoms with Crippen molar-refractivity contribution in [3.63, 3.8) is 0 Å². The maximum atomic E-state index is 13.1. The van der Waals surface area contributed by atoms with Crippen LogP contribution in [0.2, 0.25) is 59.4 Å². The highest BCUT2D eigenvalue weighted by molar-refractivity contribution is 9.10. The fraction of sp³-hybridized carbons (Fsp3) is 0.655. The Balaban J connectivity index is 1.77. The van der Waals surface area contributed by atoms with Crippen molar-refractivity contribution in [2.24, 2.45) is 5.92 Å². The Morgan fingerprint density at radius 2 is 1.24 bits per heavy atom. The van der Waals surface area contributed by atoms with Gasteiger partial charge in [-0.25, -0.2) is 0 Å². The summed E-state index contributed by atoms with van der Waals surface area (Å²) in [6, 6.07) is 33.2. The van der Waals surface area contributed by atoms with Crippen LogP contribution < -0.4 is 10.4 Å². The molecule has 0 saturated carbocycles. The van der Waals surface area contributed by atoms with E-state index in [1.54, 1.807) is 0 Å². The summed E-state index contributed by atoms with van der Waals surface area (Å²) in [5.74, 6) is -0.00248. The van der Waals surface area contributed by atoms with Gasteiger partial charge in [-0.3, -0.25) is 0 Å². The van der Waals surface area contributed by atoms with Gasteiger partial charge in [0.1, 0.15) is 6.10 Å². The van der Waals surface area contributed by atoms with Crippen molar-refractivity contribution in [3.8, 4) is 0 Å². The van der Waals surface area contributed by atoms with Crippen LogP contribution in [0.3, 0.4) is 0 Å². The highest BCUT2D eigenvalue weighted by atomic mass is 79.9. The van der Waals surface area contributed by atoms with Crippen LogP contribution in [0.1, 0.15) is 121 Å². The molecule has 1 saturated heterocycles. The number of hydrogen-bond donors (Lipinski definition) is 0. The smallest absolute Gasteiger partial charge is 0.261 e. The van der Waals surface area contributed by atoms with E-state index in [1.807, 2.05) is 0 Å². The summed E-state index contributed by atoms with van der Waals surface area (Å²) in [7, 11) is -9.45. The van der Waals surface area contributed by atoms with Crippen molar-refractivity contribution in [1.82, 2.24) is 0 Å². The van der Waals surface area contributed by atoms with E-state index in [2.05, 4.69) is 217 Å². The second-order valence-electron chi connectivity index (χ2n) is 23.5. The number of halogens is 1. The van der Waals surface area contributed by atoms with Crippen LogP contribution in [0, 0.1) is 5.92 Å². The van der Waals surface area contributed by atoms with Crippen molar-refractivity contribution in [1.29, 1.82) is 0 Å². The number of ether oxygens (including phenoxy) is 2. The van der Waals surface area contributed by atoms with Gasteiger partial charge in [0.25, 0.3) is 8.32 Å². The number of aldehydes is 1. The van der Waals surface area contributed by atoms with Gasteiger partial charge in [-0.05, 0) is 113 Å². The number of hydrogen-bond acceptors (Lipinski definition) is 7. The minimum absolute atomic E-state index is 0.00248. The first-order valence-electron chi connectivity index (χ1n) is 25.4.